The highest BCUT2D eigenvalue weighted by molar-refractivity contribution is 5.79. The second kappa shape index (κ2) is 18.5. The minimum atomic E-state index is -1.67. The van der Waals surface area contributed by atoms with Crippen LogP contribution in [0.5, 0.6) is 5.75 Å². The lowest BCUT2D eigenvalue weighted by Crippen LogP contribution is -2.55. The maximum atomic E-state index is 14.8. The van der Waals surface area contributed by atoms with Gasteiger partial charge in [0.1, 0.15) is 29.9 Å². The summed E-state index contributed by atoms with van der Waals surface area (Å²) in [6.45, 7) is 3.55. The summed E-state index contributed by atoms with van der Waals surface area (Å²) in [6, 6.07) is 4.63. The number of unbranched alkanes of at least 4 members (excludes halogenated alkanes) is 1. The van der Waals surface area contributed by atoms with Crippen LogP contribution in [0.3, 0.4) is 0 Å². The number of likely N-dealkylation sites (tertiary alicyclic amines) is 1. The first kappa shape index (κ1) is 36.8. The van der Waals surface area contributed by atoms with Gasteiger partial charge < -0.3 is 50.1 Å². The molecule has 0 radical (unpaired) electrons. The number of aliphatic hydroxyl groups excluding tert-OH is 5. The Morgan fingerprint density at radius 1 is 1.04 bits per heavy atom. The molecule has 14 heteroatoms. The zero-order chi connectivity index (χ0) is 33.8. The first-order valence-electron chi connectivity index (χ1n) is 16.5. The fourth-order valence-electron chi connectivity index (χ4n) is 5.96. The number of nitrogens with one attached hydrogen (secondary N) is 1. The van der Waals surface area contributed by atoms with Crippen LogP contribution in [0.25, 0.3) is 0 Å². The Bertz CT molecular complexity index is 1230. The Hall–Kier alpha value is -2.98. The third-order valence-electron chi connectivity index (χ3n) is 8.96. The van der Waals surface area contributed by atoms with Gasteiger partial charge in [-0.05, 0) is 43.2 Å². The second-order valence-corrected chi connectivity index (χ2v) is 12.7. The van der Waals surface area contributed by atoms with E-state index >= 15 is 0 Å². The van der Waals surface area contributed by atoms with Gasteiger partial charge in [-0.15, -0.1) is 0 Å². The van der Waals surface area contributed by atoms with E-state index in [1.54, 1.807) is 24.1 Å². The van der Waals surface area contributed by atoms with Crippen molar-refractivity contribution < 1.29 is 44.2 Å². The van der Waals surface area contributed by atoms with E-state index in [4.69, 9.17) is 14.6 Å². The van der Waals surface area contributed by atoms with Gasteiger partial charge in [0, 0.05) is 76.3 Å². The fourth-order valence-corrected chi connectivity index (χ4v) is 5.96. The van der Waals surface area contributed by atoms with E-state index in [0.29, 0.717) is 50.1 Å². The van der Waals surface area contributed by atoms with Crippen LogP contribution in [0.15, 0.2) is 30.6 Å². The van der Waals surface area contributed by atoms with Gasteiger partial charge in [0.15, 0.2) is 0 Å². The summed E-state index contributed by atoms with van der Waals surface area (Å²) in [4.78, 5) is 25.5. The van der Waals surface area contributed by atoms with Gasteiger partial charge in [0.05, 0.1) is 32.3 Å². The molecule has 4 atom stereocenters. The molecule has 13 nitrogen and oxygen atoms in total. The maximum Gasteiger partial charge on any atom is 0.227 e. The molecule has 2 aliphatic heterocycles. The number of carbonyl (C=O) groups excluding carboxylic acids is 1. The number of aliphatic hydroxyl groups is 5. The Balaban J connectivity index is 1.06. The SMILES string of the molecule is COCc1cnc(N2CCC(CCCCOc3ccc(CC(=O)N4CC(CNC[C@H](O)[C@@H](O)[C@H](O)[C@H](O)CO)C4)c(F)c3)CC2)nc1. The number of aromatic nitrogens is 2. The number of anilines is 1. The van der Waals surface area contributed by atoms with Gasteiger partial charge >= 0.3 is 0 Å². The van der Waals surface area contributed by atoms with Crippen molar-refractivity contribution in [1.82, 2.24) is 20.2 Å². The number of hydrogen-bond acceptors (Lipinski definition) is 12. The fraction of sp³-hybridized carbons (Fsp3) is 0.667. The molecule has 6 N–H and O–H groups in total. The largest absolute Gasteiger partial charge is 0.493 e. The number of nitrogens with zero attached hydrogens (tertiary/aromatic N) is 4. The lowest BCUT2D eigenvalue weighted by molar-refractivity contribution is -0.136. The van der Waals surface area contributed by atoms with Crippen LogP contribution in [0, 0.1) is 17.7 Å². The number of hydrogen-bond donors (Lipinski definition) is 6. The maximum absolute atomic E-state index is 14.8. The summed E-state index contributed by atoms with van der Waals surface area (Å²) in [5, 5.41) is 50.8. The Kier molecular flexibility index (Phi) is 14.5. The highest BCUT2D eigenvalue weighted by atomic mass is 19.1. The Labute approximate surface area is 275 Å². The van der Waals surface area contributed by atoms with Gasteiger partial charge in [-0.3, -0.25) is 4.79 Å². The molecule has 1 aromatic heterocycles. The van der Waals surface area contributed by atoms with E-state index in [9.17, 15) is 29.6 Å². The van der Waals surface area contributed by atoms with Crippen molar-refractivity contribution >= 4 is 11.9 Å². The van der Waals surface area contributed by atoms with Crippen molar-refractivity contribution in [2.45, 2.75) is 69.5 Å². The molecule has 47 heavy (non-hydrogen) atoms. The van der Waals surface area contributed by atoms with E-state index in [1.165, 1.54) is 6.07 Å². The number of ether oxygens (including phenoxy) is 2. The minimum Gasteiger partial charge on any atom is -0.493 e. The van der Waals surface area contributed by atoms with Crippen LogP contribution >= 0.6 is 0 Å². The number of benzene rings is 1. The van der Waals surface area contributed by atoms with Crippen molar-refractivity contribution in [3.8, 4) is 5.75 Å². The number of piperidine rings is 1. The molecule has 2 aromatic rings. The molecular weight excluding hydrogens is 613 g/mol. The highest BCUT2D eigenvalue weighted by Gasteiger charge is 2.32. The van der Waals surface area contributed by atoms with E-state index < -0.39 is 36.8 Å². The lowest BCUT2D eigenvalue weighted by atomic mass is 9.92. The average Bonchev–Trinajstić information content (AvgIpc) is 3.06. The Morgan fingerprint density at radius 2 is 1.74 bits per heavy atom. The van der Waals surface area contributed by atoms with Gasteiger partial charge in [-0.1, -0.05) is 12.5 Å². The molecule has 262 valence electrons. The van der Waals surface area contributed by atoms with Gasteiger partial charge in [-0.25, -0.2) is 14.4 Å². The molecular formula is C33H50FN5O8. The molecule has 0 saturated carbocycles. The van der Waals surface area contributed by atoms with Crippen molar-refractivity contribution in [2.75, 3.05) is 64.5 Å². The van der Waals surface area contributed by atoms with Crippen molar-refractivity contribution in [1.29, 1.82) is 0 Å². The Morgan fingerprint density at radius 3 is 2.40 bits per heavy atom. The molecule has 1 amide bonds. The first-order valence-corrected chi connectivity index (χ1v) is 16.5. The van der Waals surface area contributed by atoms with Crippen LogP contribution in [-0.4, -0.2) is 130 Å². The quantitative estimate of drug-likeness (QED) is 0.113. The van der Waals surface area contributed by atoms with E-state index in [0.717, 1.165) is 56.7 Å². The molecule has 2 saturated heterocycles. The minimum absolute atomic E-state index is 0.0393. The summed E-state index contributed by atoms with van der Waals surface area (Å²) in [5.41, 5.74) is 1.27. The number of rotatable bonds is 19. The number of halogens is 1. The smallest absolute Gasteiger partial charge is 0.227 e. The topological polar surface area (TPSA) is 181 Å². The van der Waals surface area contributed by atoms with Crippen LogP contribution in [0.2, 0.25) is 0 Å². The first-order chi connectivity index (χ1) is 22.7. The normalized spacial score (nSPS) is 18.4. The van der Waals surface area contributed by atoms with Gasteiger partial charge in [-0.2, -0.15) is 0 Å². The zero-order valence-corrected chi connectivity index (χ0v) is 27.1. The molecule has 0 unspecified atom stereocenters. The van der Waals surface area contributed by atoms with Gasteiger partial charge in [0.2, 0.25) is 11.9 Å². The predicted octanol–water partition coefficient (Wildman–Crippen LogP) is 0.254. The average molecular weight is 664 g/mol. The van der Waals surface area contributed by atoms with Crippen LogP contribution in [-0.2, 0) is 22.6 Å². The number of amides is 1. The summed E-state index contributed by atoms with van der Waals surface area (Å²) in [7, 11) is 1.65. The molecule has 2 fully saturated rings. The van der Waals surface area contributed by atoms with Crippen LogP contribution < -0.4 is 15.0 Å². The third-order valence-corrected chi connectivity index (χ3v) is 8.96. The summed E-state index contributed by atoms with van der Waals surface area (Å²) in [6.07, 6.45) is 2.64. The van der Waals surface area contributed by atoms with E-state index in [1.807, 2.05) is 12.4 Å². The summed E-state index contributed by atoms with van der Waals surface area (Å²) in [5.74, 6) is 1.36. The zero-order valence-electron chi connectivity index (χ0n) is 27.1. The third kappa shape index (κ3) is 11.0. The standard InChI is InChI=1S/C33H50FN5O8/c1-46-21-23-15-36-33(37-16-23)38-9-7-22(8-10-38)4-2-3-11-47-26-6-5-25(27(34)13-26)12-30(43)39-18-24(19-39)14-35-17-28(41)31(44)32(45)29(42)20-40/h5-6,13,15-16,22,24,28-29,31-32,35,40-42,44-45H,2-4,7-12,14,17-21H2,1H3/t28-,29+,31+,32+/m0/s1. The van der Waals surface area contributed by atoms with Crippen LogP contribution in [0.1, 0.15) is 43.2 Å². The van der Waals surface area contributed by atoms with E-state index in [2.05, 4.69) is 20.2 Å². The molecule has 0 aliphatic carbocycles. The van der Waals surface area contributed by atoms with E-state index in [-0.39, 0.29) is 24.8 Å². The molecule has 2 aliphatic rings. The molecule has 0 spiro atoms. The van der Waals surface area contributed by atoms with Crippen molar-refractivity contribution in [3.63, 3.8) is 0 Å². The lowest BCUT2D eigenvalue weighted by Gasteiger charge is -2.39. The second-order valence-electron chi connectivity index (χ2n) is 12.7. The number of methoxy groups -OCH3 is 1. The summed E-state index contributed by atoms with van der Waals surface area (Å²) < 4.78 is 25.7. The van der Waals surface area contributed by atoms with Crippen molar-refractivity contribution in [3.05, 3.63) is 47.5 Å². The number of carbonyl (C=O) groups is 1. The molecule has 3 heterocycles. The molecule has 4 rings (SSSR count). The summed E-state index contributed by atoms with van der Waals surface area (Å²) >= 11 is 0. The highest BCUT2D eigenvalue weighted by Crippen LogP contribution is 2.25. The van der Waals surface area contributed by atoms with Crippen molar-refractivity contribution in [2.24, 2.45) is 11.8 Å². The molecule has 1 aromatic carbocycles. The van der Waals surface area contributed by atoms with Gasteiger partial charge in [0.25, 0.3) is 0 Å². The predicted molar refractivity (Wildman–Crippen MR) is 171 cm³/mol. The van der Waals surface area contributed by atoms with Crippen LogP contribution in [0.4, 0.5) is 10.3 Å². The molecule has 0 bridgehead atoms. The monoisotopic (exact) mass is 663 g/mol.